The van der Waals surface area contributed by atoms with Crippen LogP contribution >= 0.6 is 0 Å². The van der Waals surface area contributed by atoms with Crippen LogP contribution in [-0.4, -0.2) is 41.7 Å². The van der Waals surface area contributed by atoms with Crippen molar-refractivity contribution in [1.29, 1.82) is 0 Å². The van der Waals surface area contributed by atoms with Crippen molar-refractivity contribution in [3.63, 3.8) is 0 Å². The normalized spacial score (nSPS) is 26.4. The molecule has 4 nitrogen and oxygen atoms in total. The number of methoxy groups -OCH3 is 1. The minimum absolute atomic E-state index is 0.0775. The summed E-state index contributed by atoms with van der Waals surface area (Å²) in [6.07, 6.45) is 6.21. The van der Waals surface area contributed by atoms with Gasteiger partial charge >= 0.3 is 0 Å². The first kappa shape index (κ1) is 18.3. The van der Waals surface area contributed by atoms with Gasteiger partial charge in [0.15, 0.2) is 0 Å². The predicted octanol–water partition coefficient (Wildman–Crippen LogP) is 3.93. The molecular formula is C23H29NO3. The summed E-state index contributed by atoms with van der Waals surface area (Å²) in [4.78, 5) is 15.2. The number of piperidine rings is 1. The second-order valence-electron chi connectivity index (χ2n) is 8.08. The van der Waals surface area contributed by atoms with Crippen molar-refractivity contribution in [3.8, 4) is 5.75 Å². The summed E-state index contributed by atoms with van der Waals surface area (Å²) < 4.78 is 5.34. The van der Waals surface area contributed by atoms with Crippen molar-refractivity contribution in [2.45, 2.75) is 57.1 Å². The lowest BCUT2D eigenvalue weighted by Gasteiger charge is -2.40. The molecule has 0 bridgehead atoms. The highest BCUT2D eigenvalue weighted by molar-refractivity contribution is 5.85. The van der Waals surface area contributed by atoms with Gasteiger partial charge in [-0.25, -0.2) is 0 Å². The molecule has 1 amide bonds. The topological polar surface area (TPSA) is 49.8 Å². The zero-order valence-electron chi connectivity index (χ0n) is 16.1. The predicted molar refractivity (Wildman–Crippen MR) is 107 cm³/mol. The number of hydrogen-bond donors (Lipinski definition) is 1. The molecule has 0 aromatic heterocycles. The van der Waals surface area contributed by atoms with E-state index in [1.165, 1.54) is 10.9 Å². The van der Waals surface area contributed by atoms with Gasteiger partial charge in [0.2, 0.25) is 5.91 Å². The number of hydrogen-bond acceptors (Lipinski definition) is 3. The molecule has 144 valence electrons. The van der Waals surface area contributed by atoms with E-state index in [9.17, 15) is 9.90 Å². The summed E-state index contributed by atoms with van der Waals surface area (Å²) in [5, 5.41) is 12.1. The molecule has 1 atom stereocenters. The van der Waals surface area contributed by atoms with Gasteiger partial charge in [-0.2, -0.15) is 0 Å². The number of aliphatic hydroxyl groups excluding tert-OH is 1. The maximum atomic E-state index is 13.1. The molecule has 0 spiro atoms. The second kappa shape index (κ2) is 7.89. The van der Waals surface area contributed by atoms with Crippen LogP contribution in [0.3, 0.4) is 0 Å². The van der Waals surface area contributed by atoms with Crippen LogP contribution in [0.15, 0.2) is 36.4 Å². The molecule has 0 radical (unpaired) electrons. The number of ether oxygens (including phenoxy) is 1. The van der Waals surface area contributed by atoms with E-state index in [2.05, 4.69) is 35.2 Å². The molecule has 4 heteroatoms. The van der Waals surface area contributed by atoms with Gasteiger partial charge in [-0.05, 0) is 73.4 Å². The molecule has 1 unspecified atom stereocenters. The Labute approximate surface area is 161 Å². The molecule has 1 saturated heterocycles. The van der Waals surface area contributed by atoms with Crippen molar-refractivity contribution in [2.24, 2.45) is 5.92 Å². The number of carbonyl (C=O) groups excluding carboxylic acids is 1. The van der Waals surface area contributed by atoms with Gasteiger partial charge in [0.1, 0.15) is 5.75 Å². The van der Waals surface area contributed by atoms with E-state index in [1.54, 1.807) is 7.11 Å². The third-order valence-electron chi connectivity index (χ3n) is 6.28. The third kappa shape index (κ3) is 3.96. The Balaban J connectivity index is 1.48. The van der Waals surface area contributed by atoms with E-state index in [0.717, 1.165) is 62.6 Å². The van der Waals surface area contributed by atoms with Crippen LogP contribution in [0.4, 0.5) is 0 Å². The van der Waals surface area contributed by atoms with Gasteiger partial charge in [-0.3, -0.25) is 4.79 Å². The molecular weight excluding hydrogens is 338 g/mol. The van der Waals surface area contributed by atoms with Crippen molar-refractivity contribution in [2.75, 3.05) is 13.7 Å². The molecule has 1 aliphatic heterocycles. The van der Waals surface area contributed by atoms with Crippen LogP contribution in [0, 0.1) is 5.92 Å². The van der Waals surface area contributed by atoms with E-state index >= 15 is 0 Å². The second-order valence-corrected chi connectivity index (χ2v) is 8.08. The number of aliphatic hydroxyl groups is 1. The first-order valence-electron chi connectivity index (χ1n) is 10.2. The fourth-order valence-corrected chi connectivity index (χ4v) is 4.71. The van der Waals surface area contributed by atoms with Crippen molar-refractivity contribution >= 4 is 16.7 Å². The summed E-state index contributed by atoms with van der Waals surface area (Å²) in [5.41, 5.74) is 1.22. The van der Waals surface area contributed by atoms with E-state index < -0.39 is 0 Å². The number of nitrogens with zero attached hydrogens (tertiary/aromatic N) is 1. The van der Waals surface area contributed by atoms with Crippen LogP contribution in [0.25, 0.3) is 10.8 Å². The lowest BCUT2D eigenvalue weighted by molar-refractivity contribution is -0.142. The van der Waals surface area contributed by atoms with Crippen molar-refractivity contribution in [3.05, 3.63) is 42.0 Å². The zero-order chi connectivity index (χ0) is 18.8. The quantitative estimate of drug-likeness (QED) is 0.891. The molecule has 2 aromatic rings. The number of fused-ring (bicyclic) bond motifs is 1. The maximum Gasteiger partial charge on any atom is 0.226 e. The zero-order valence-corrected chi connectivity index (χ0v) is 16.1. The summed E-state index contributed by atoms with van der Waals surface area (Å²) >= 11 is 0. The number of amides is 1. The highest BCUT2D eigenvalue weighted by atomic mass is 16.5. The molecule has 2 aromatic carbocycles. The fourth-order valence-electron chi connectivity index (χ4n) is 4.71. The van der Waals surface area contributed by atoms with Crippen LogP contribution in [0.5, 0.6) is 5.75 Å². The lowest BCUT2D eigenvalue weighted by atomic mass is 9.86. The van der Waals surface area contributed by atoms with E-state index in [-0.39, 0.29) is 12.0 Å². The first-order chi connectivity index (χ1) is 13.1. The summed E-state index contributed by atoms with van der Waals surface area (Å²) in [5.74, 6) is 1.25. The largest absolute Gasteiger partial charge is 0.497 e. The standard InChI is InChI=1S/C23H29NO3/c1-27-22-11-6-17-5-4-16(14-19(17)15-22)13-18-3-2-12-24(23(18)26)20-7-9-21(25)10-8-20/h4-6,11,14-15,18,20-21,25H,2-3,7-10,12-13H2,1H3/t18?,20-,21+. The Bertz CT molecular complexity index is 810. The summed E-state index contributed by atoms with van der Waals surface area (Å²) in [6.45, 7) is 0.880. The van der Waals surface area contributed by atoms with E-state index in [4.69, 9.17) is 4.74 Å². The van der Waals surface area contributed by atoms with Crippen LogP contribution < -0.4 is 4.74 Å². The van der Waals surface area contributed by atoms with Crippen molar-refractivity contribution < 1.29 is 14.6 Å². The Hall–Kier alpha value is -2.07. The van der Waals surface area contributed by atoms with E-state index in [0.29, 0.717) is 11.9 Å². The average molecular weight is 367 g/mol. The maximum absolute atomic E-state index is 13.1. The monoisotopic (exact) mass is 367 g/mol. The first-order valence-corrected chi connectivity index (χ1v) is 10.2. The molecule has 4 rings (SSSR count). The van der Waals surface area contributed by atoms with Gasteiger partial charge in [0.25, 0.3) is 0 Å². The summed E-state index contributed by atoms with van der Waals surface area (Å²) in [6, 6.07) is 12.9. The van der Waals surface area contributed by atoms with Gasteiger partial charge in [0.05, 0.1) is 13.2 Å². The Morgan fingerprint density at radius 1 is 1.04 bits per heavy atom. The molecule has 1 heterocycles. The highest BCUT2D eigenvalue weighted by Gasteiger charge is 2.34. The molecule has 1 aliphatic carbocycles. The number of carbonyl (C=O) groups is 1. The van der Waals surface area contributed by atoms with Gasteiger partial charge in [0, 0.05) is 18.5 Å². The van der Waals surface area contributed by atoms with Gasteiger partial charge in [-0.1, -0.05) is 24.3 Å². The highest BCUT2D eigenvalue weighted by Crippen LogP contribution is 2.30. The number of benzene rings is 2. The van der Waals surface area contributed by atoms with Crippen molar-refractivity contribution in [1.82, 2.24) is 4.90 Å². The minimum atomic E-state index is -0.175. The third-order valence-corrected chi connectivity index (χ3v) is 6.28. The van der Waals surface area contributed by atoms with Gasteiger partial charge in [-0.15, -0.1) is 0 Å². The Morgan fingerprint density at radius 2 is 1.81 bits per heavy atom. The van der Waals surface area contributed by atoms with Crippen LogP contribution in [-0.2, 0) is 11.2 Å². The average Bonchev–Trinajstić information content (AvgIpc) is 2.70. The molecule has 27 heavy (non-hydrogen) atoms. The number of likely N-dealkylation sites (tertiary alicyclic amines) is 1. The number of rotatable bonds is 4. The molecule has 2 aliphatic rings. The smallest absolute Gasteiger partial charge is 0.226 e. The lowest BCUT2D eigenvalue weighted by Crippen LogP contribution is -2.49. The minimum Gasteiger partial charge on any atom is -0.497 e. The fraction of sp³-hybridized carbons (Fsp3) is 0.522. The molecule has 2 fully saturated rings. The van der Waals surface area contributed by atoms with Crippen LogP contribution in [0.1, 0.15) is 44.1 Å². The summed E-state index contributed by atoms with van der Waals surface area (Å²) in [7, 11) is 1.69. The Morgan fingerprint density at radius 3 is 2.59 bits per heavy atom. The molecule has 1 saturated carbocycles. The van der Waals surface area contributed by atoms with Crippen LogP contribution in [0.2, 0.25) is 0 Å². The Kier molecular flexibility index (Phi) is 5.35. The molecule has 1 N–H and O–H groups in total. The van der Waals surface area contributed by atoms with Gasteiger partial charge < -0.3 is 14.7 Å². The van der Waals surface area contributed by atoms with E-state index in [1.807, 2.05) is 6.07 Å². The SMILES string of the molecule is COc1ccc2ccc(CC3CCCN([C@H]4CC[C@@H](O)CC4)C3=O)cc2c1.